The molecule has 48 heavy (non-hydrogen) atoms. The average Bonchev–Trinajstić information content (AvgIpc) is 3.57. The van der Waals surface area contributed by atoms with E-state index in [4.69, 9.17) is 27.7 Å². The number of benzene rings is 3. The van der Waals surface area contributed by atoms with Gasteiger partial charge in [0.25, 0.3) is 0 Å². The second-order valence-electron chi connectivity index (χ2n) is 13.0. The molecule has 2 N–H and O–H groups in total. The first-order valence-electron chi connectivity index (χ1n) is 16.4. The molecule has 0 saturated carbocycles. The predicted octanol–water partition coefficient (Wildman–Crippen LogP) is 6.74. The Kier molecular flexibility index (Phi) is 8.60. The minimum absolute atomic E-state index is 0.00965. The number of carbonyl (C=O) groups is 1. The van der Waals surface area contributed by atoms with Crippen LogP contribution in [0.2, 0.25) is 5.02 Å². The maximum Gasteiger partial charge on any atom is 0.319 e. The van der Waals surface area contributed by atoms with Gasteiger partial charge in [0.2, 0.25) is 5.91 Å². The van der Waals surface area contributed by atoms with Crippen LogP contribution in [0, 0.1) is 24.0 Å². The Hall–Kier alpha value is -4.46. The highest BCUT2D eigenvalue weighted by atomic mass is 35.5. The smallest absolute Gasteiger partial charge is 0.319 e. The fourth-order valence-electron chi connectivity index (χ4n) is 7.85. The summed E-state index contributed by atoms with van der Waals surface area (Å²) < 4.78 is 38.4. The van der Waals surface area contributed by atoms with Crippen molar-refractivity contribution in [2.45, 2.75) is 56.5 Å². The van der Waals surface area contributed by atoms with Crippen LogP contribution < -0.4 is 15.0 Å². The molecule has 3 aromatic carbocycles. The Morgan fingerprint density at radius 1 is 1.17 bits per heavy atom. The van der Waals surface area contributed by atoms with E-state index in [9.17, 15) is 14.3 Å². The lowest BCUT2D eigenvalue weighted by Gasteiger charge is -2.31. The van der Waals surface area contributed by atoms with Gasteiger partial charge in [0.15, 0.2) is 5.82 Å². The summed E-state index contributed by atoms with van der Waals surface area (Å²) in [5, 5.41) is 14.7. The van der Waals surface area contributed by atoms with Gasteiger partial charge in [-0.2, -0.15) is 9.97 Å². The van der Waals surface area contributed by atoms with Crippen molar-refractivity contribution in [1.82, 2.24) is 20.2 Å². The van der Waals surface area contributed by atoms with Crippen molar-refractivity contribution >= 4 is 45.0 Å². The number of amides is 1. The third-order valence-electron chi connectivity index (χ3n) is 10.1. The van der Waals surface area contributed by atoms with E-state index in [-0.39, 0.29) is 61.9 Å². The number of aromatic hydroxyl groups is 1. The number of ether oxygens (including phenoxy) is 1. The minimum atomic E-state index is -0.780. The zero-order chi connectivity index (χ0) is 33.6. The zero-order valence-electron chi connectivity index (χ0n) is 26.5. The van der Waals surface area contributed by atoms with Crippen LogP contribution in [-0.4, -0.2) is 70.2 Å². The van der Waals surface area contributed by atoms with E-state index in [0.29, 0.717) is 36.3 Å². The number of phenols is 1. The molecule has 4 heterocycles. The van der Waals surface area contributed by atoms with Crippen molar-refractivity contribution in [3.8, 4) is 35.2 Å². The van der Waals surface area contributed by atoms with E-state index >= 15 is 4.39 Å². The molecule has 11 heteroatoms. The van der Waals surface area contributed by atoms with Gasteiger partial charge >= 0.3 is 6.01 Å². The normalized spacial score (nSPS) is 19.2. The second-order valence-corrected chi connectivity index (χ2v) is 13.4. The van der Waals surface area contributed by atoms with Crippen molar-refractivity contribution < 1.29 is 23.4 Å². The molecule has 8 nitrogen and oxygen atoms in total. The number of nitrogens with zero attached hydrogens (tertiary/aromatic N) is 4. The van der Waals surface area contributed by atoms with Crippen molar-refractivity contribution in [3.63, 3.8) is 0 Å². The number of phenolic OH excluding ortho intramolecular Hbond substituents is 1. The molecule has 1 atom stereocenters. The van der Waals surface area contributed by atoms with Gasteiger partial charge in [-0.05, 0) is 99.3 Å². The maximum atomic E-state index is 17.1. The molecule has 1 aromatic heterocycles. The van der Waals surface area contributed by atoms with Gasteiger partial charge < -0.3 is 20.1 Å². The maximum absolute atomic E-state index is 17.1. The molecule has 0 aliphatic carbocycles. The molecular weight excluding hydrogens is 636 g/mol. The Labute approximate surface area is 282 Å². The number of hydrogen-bond donors (Lipinski definition) is 2. The topological polar surface area (TPSA) is 90.8 Å². The molecule has 0 spiro atoms. The number of terminal acetylenes is 1. The van der Waals surface area contributed by atoms with Crippen molar-refractivity contribution in [3.05, 3.63) is 65.2 Å². The molecule has 1 amide bonds. The third-order valence-corrected chi connectivity index (χ3v) is 10.4. The summed E-state index contributed by atoms with van der Waals surface area (Å²) in [6.45, 7) is 7.02. The summed E-state index contributed by atoms with van der Waals surface area (Å²) in [6, 6.07) is 6.89. The Bertz CT molecular complexity index is 1990. The number of rotatable bonds is 7. The number of hydrogen-bond acceptors (Lipinski definition) is 7. The number of nitrogens with one attached hydrogen (secondary N) is 1. The fourth-order valence-corrected chi connectivity index (χ4v) is 8.14. The molecule has 3 saturated heterocycles. The van der Waals surface area contributed by atoms with E-state index in [1.165, 1.54) is 30.3 Å². The Morgan fingerprint density at radius 3 is 2.71 bits per heavy atom. The predicted molar refractivity (Wildman–Crippen MR) is 183 cm³/mol. The summed E-state index contributed by atoms with van der Waals surface area (Å²) >= 11 is 6.89. The second kappa shape index (κ2) is 12.9. The quantitative estimate of drug-likeness (QED) is 0.166. The fraction of sp³-hybridized carbons (Fsp3) is 0.378. The first-order chi connectivity index (χ1) is 23.2. The summed E-state index contributed by atoms with van der Waals surface area (Å²) in [4.78, 5) is 26.2. The molecule has 248 valence electrons. The lowest BCUT2D eigenvalue weighted by molar-refractivity contribution is -0.117. The summed E-state index contributed by atoms with van der Waals surface area (Å²) in [5.41, 5.74) is -0.141. The Morgan fingerprint density at radius 2 is 1.96 bits per heavy atom. The largest absolute Gasteiger partial charge is 0.508 e. The molecule has 4 aromatic rings. The number of halogens is 3. The SMILES string of the molecule is C#Cc1c(F)ccc2cc(O)cc(-c3c(Cl)cc4c(N5CCCCC(NC(=O)C=C)C5)nc(OCC56CCCN5CCC6)nc4c3F)c12. The first-order valence-corrected chi connectivity index (χ1v) is 16.8. The van der Waals surface area contributed by atoms with Crippen LogP contribution in [0.25, 0.3) is 32.8 Å². The highest BCUT2D eigenvalue weighted by Crippen LogP contribution is 2.44. The standard InChI is InChI=1S/C37H36ClF2N5O3/c1-3-25-29(39)11-10-22-17-24(46)18-26(31(22)25)32-28(38)19-27-34(33(32)40)42-36(48-21-37-12-7-15-45(37)16-8-13-37)43-35(27)44-14-6-5-9-23(20-44)41-30(47)4-2/h1,4,10-11,17-19,23,46H,2,5-9,12-16,20-21H2,(H,41,47). The molecule has 3 fully saturated rings. The van der Waals surface area contributed by atoms with Crippen molar-refractivity contribution in [2.24, 2.45) is 0 Å². The van der Waals surface area contributed by atoms with Crippen LogP contribution >= 0.6 is 11.6 Å². The van der Waals surface area contributed by atoms with E-state index in [1.54, 1.807) is 6.07 Å². The lowest BCUT2D eigenvalue weighted by Crippen LogP contribution is -2.43. The number of carbonyl (C=O) groups excluding carboxylic acids is 1. The van der Waals surface area contributed by atoms with Gasteiger partial charge in [-0.15, -0.1) is 6.42 Å². The van der Waals surface area contributed by atoms with Crippen LogP contribution in [0.1, 0.15) is 50.5 Å². The van der Waals surface area contributed by atoms with E-state index in [1.807, 2.05) is 4.90 Å². The van der Waals surface area contributed by atoms with E-state index in [0.717, 1.165) is 58.0 Å². The highest BCUT2D eigenvalue weighted by molar-refractivity contribution is 6.35. The van der Waals surface area contributed by atoms with Crippen molar-refractivity contribution in [2.75, 3.05) is 37.7 Å². The van der Waals surface area contributed by atoms with Gasteiger partial charge in [0.1, 0.15) is 29.5 Å². The molecular formula is C37H36ClF2N5O3. The average molecular weight is 672 g/mol. The third kappa shape index (κ3) is 5.69. The van der Waals surface area contributed by atoms with Crippen LogP contribution in [0.4, 0.5) is 14.6 Å². The molecule has 1 unspecified atom stereocenters. The number of aromatic nitrogens is 2. The van der Waals surface area contributed by atoms with Gasteiger partial charge in [0.05, 0.1) is 16.1 Å². The minimum Gasteiger partial charge on any atom is -0.508 e. The van der Waals surface area contributed by atoms with Crippen LogP contribution in [0.3, 0.4) is 0 Å². The Balaban J connectivity index is 1.40. The number of fused-ring (bicyclic) bond motifs is 3. The van der Waals surface area contributed by atoms with Gasteiger partial charge in [0, 0.05) is 35.5 Å². The van der Waals surface area contributed by atoms with Crippen LogP contribution in [0.15, 0.2) is 43.0 Å². The monoisotopic (exact) mass is 671 g/mol. The van der Waals surface area contributed by atoms with Crippen LogP contribution in [-0.2, 0) is 4.79 Å². The molecule has 3 aliphatic heterocycles. The van der Waals surface area contributed by atoms with Crippen molar-refractivity contribution in [1.29, 1.82) is 0 Å². The molecule has 0 radical (unpaired) electrons. The molecule has 3 aliphatic rings. The lowest BCUT2D eigenvalue weighted by atomic mass is 9.93. The summed E-state index contributed by atoms with van der Waals surface area (Å²) in [6.07, 6.45) is 13.6. The van der Waals surface area contributed by atoms with E-state index in [2.05, 4.69) is 27.7 Å². The van der Waals surface area contributed by atoms with Crippen LogP contribution in [0.5, 0.6) is 11.8 Å². The highest BCUT2D eigenvalue weighted by Gasteiger charge is 2.45. The zero-order valence-corrected chi connectivity index (χ0v) is 27.3. The van der Waals surface area contributed by atoms with Gasteiger partial charge in [-0.25, -0.2) is 8.78 Å². The molecule has 0 bridgehead atoms. The van der Waals surface area contributed by atoms with Gasteiger partial charge in [-0.3, -0.25) is 9.69 Å². The summed E-state index contributed by atoms with van der Waals surface area (Å²) in [7, 11) is 0. The number of anilines is 1. The molecule has 7 rings (SSSR count). The van der Waals surface area contributed by atoms with E-state index < -0.39 is 11.6 Å². The summed E-state index contributed by atoms with van der Waals surface area (Å²) in [5.74, 6) is 0.952. The first kappa shape index (κ1) is 32.1. The van der Waals surface area contributed by atoms with Gasteiger partial charge in [-0.1, -0.05) is 30.2 Å².